The van der Waals surface area contributed by atoms with Crippen LogP contribution in [0.3, 0.4) is 0 Å². The molecule has 0 aliphatic carbocycles. The number of hydrogen-bond acceptors (Lipinski definition) is 16. The van der Waals surface area contributed by atoms with Gasteiger partial charge in [0.1, 0.15) is 22.7 Å². The van der Waals surface area contributed by atoms with Crippen LogP contribution in [0.15, 0.2) is 146 Å². The van der Waals surface area contributed by atoms with Gasteiger partial charge in [0.05, 0.1) is 51.4 Å². The predicted octanol–water partition coefficient (Wildman–Crippen LogP) is 10.5. The van der Waals surface area contributed by atoms with Crippen molar-refractivity contribution >= 4 is 67.2 Å². The minimum Gasteiger partial charge on any atom is -0.493 e. The summed E-state index contributed by atoms with van der Waals surface area (Å²) >= 11 is 6.15. The Balaban J connectivity index is 0.000000190. The number of hydrogen-bond donors (Lipinski definition) is 1. The Morgan fingerprint density at radius 2 is 1.06 bits per heavy atom. The van der Waals surface area contributed by atoms with Gasteiger partial charge in [-0.3, -0.25) is 19.6 Å². The Kier molecular flexibility index (Phi) is 18.1. The molecule has 0 aliphatic rings. The third-order valence-electron chi connectivity index (χ3n) is 9.79. The number of thioether (sulfide) groups is 1. The van der Waals surface area contributed by atoms with Crippen molar-refractivity contribution in [2.45, 2.75) is 25.7 Å². The van der Waals surface area contributed by atoms with Crippen LogP contribution in [-0.4, -0.2) is 64.1 Å². The first-order valence-electron chi connectivity index (χ1n) is 20.8. The summed E-state index contributed by atoms with van der Waals surface area (Å²) in [6.45, 7) is 0. The van der Waals surface area contributed by atoms with Gasteiger partial charge < -0.3 is 34.2 Å². The molecule has 8 aromatic rings. The molecule has 4 aromatic carbocycles. The third-order valence-corrected chi connectivity index (χ3v) is 10.5. The number of rotatable bonds is 16. The molecular formula is C52H46N6O8S2. The van der Waals surface area contributed by atoms with Gasteiger partial charge in [0.15, 0.2) is 23.0 Å². The molecule has 0 radical (unpaired) electrons. The standard InChI is InChI=1S/C27H24N2O4S.C16H15N3O3.C9H7NOS/c1-31-25-15-22-23(16-26(25)32-2)28-11-10-24(22)33-27-9-8-19(17-29-27)13-21(34)14-20(30)12-18-6-4-3-5-7-18;1-20-14-7-11-12(8-15(14)21-2)18-6-5-13(11)22-16-4-3-10(17)9-19-16;10-7-12-9(11)6-8-4-2-1-3-5-8/h3-11,15-17H,12-14H2,1-2H3;3-9H,17H2,1-2H3;1-5H,6H2. The highest BCUT2D eigenvalue weighted by Gasteiger charge is 2.14. The van der Waals surface area contributed by atoms with Gasteiger partial charge in [-0.1, -0.05) is 78.9 Å². The number of carbonyl (C=O) groups is 2. The Bertz CT molecular complexity index is 3010. The molecule has 0 fully saturated rings. The minimum atomic E-state index is -0.108. The maximum atomic E-state index is 12.3. The van der Waals surface area contributed by atoms with E-state index in [-0.39, 0.29) is 17.3 Å². The van der Waals surface area contributed by atoms with Crippen LogP contribution in [0.2, 0.25) is 0 Å². The number of methoxy groups -OCH3 is 4. The zero-order valence-electron chi connectivity index (χ0n) is 37.6. The summed E-state index contributed by atoms with van der Waals surface area (Å²) in [5.74, 6) is 4.65. The van der Waals surface area contributed by atoms with Crippen LogP contribution in [0.4, 0.5) is 5.69 Å². The van der Waals surface area contributed by atoms with E-state index < -0.39 is 0 Å². The van der Waals surface area contributed by atoms with Crippen LogP contribution in [0.5, 0.6) is 46.3 Å². The molecule has 0 atom stereocenters. The van der Waals surface area contributed by atoms with Crippen LogP contribution in [0.1, 0.15) is 23.1 Å². The number of carbonyl (C=O) groups excluding carboxylic acids is 2. The third kappa shape index (κ3) is 14.2. The van der Waals surface area contributed by atoms with E-state index in [1.165, 1.54) is 0 Å². The van der Waals surface area contributed by atoms with E-state index in [4.69, 9.17) is 51.6 Å². The SMILES string of the molecule is COc1cc2nccc(Oc3ccc(CC(=S)CC(=O)Cc4ccccc4)cn3)c2cc1OC.COc1cc2nccc(Oc3ccc(N)cn3)c2cc1OC.N#CSC(=O)Cc1ccccc1. The zero-order chi connectivity index (χ0) is 48.3. The first kappa shape index (κ1) is 49.3. The summed E-state index contributed by atoms with van der Waals surface area (Å²) in [6, 6.07) is 37.0. The molecule has 8 rings (SSSR count). The molecule has 14 nitrogen and oxygen atoms in total. The lowest BCUT2D eigenvalue weighted by Crippen LogP contribution is -2.11. The molecule has 0 bridgehead atoms. The highest BCUT2D eigenvalue weighted by molar-refractivity contribution is 8.17. The second-order valence-electron chi connectivity index (χ2n) is 14.5. The van der Waals surface area contributed by atoms with E-state index in [9.17, 15) is 9.59 Å². The van der Waals surface area contributed by atoms with Crippen molar-refractivity contribution in [1.82, 2.24) is 19.9 Å². The predicted molar refractivity (Wildman–Crippen MR) is 267 cm³/mol. The Hall–Kier alpha value is -8.13. The Morgan fingerprint density at radius 3 is 1.51 bits per heavy atom. The molecule has 4 heterocycles. The summed E-state index contributed by atoms with van der Waals surface area (Å²) in [7, 11) is 6.34. The molecule has 68 heavy (non-hydrogen) atoms. The van der Waals surface area contributed by atoms with Crippen molar-refractivity contribution in [2.75, 3.05) is 34.2 Å². The normalized spacial score (nSPS) is 10.3. The van der Waals surface area contributed by atoms with E-state index in [0.717, 1.165) is 38.5 Å². The van der Waals surface area contributed by atoms with E-state index in [1.54, 1.807) is 101 Å². The van der Waals surface area contributed by atoms with E-state index in [1.807, 2.05) is 78.9 Å². The molecule has 16 heteroatoms. The fourth-order valence-corrected chi connectivity index (χ4v) is 7.24. The lowest BCUT2D eigenvalue weighted by molar-refractivity contribution is -0.117. The number of anilines is 1. The number of ether oxygens (including phenoxy) is 6. The Morgan fingerprint density at radius 1 is 0.574 bits per heavy atom. The molecule has 2 N–H and O–H groups in total. The highest BCUT2D eigenvalue weighted by Crippen LogP contribution is 2.38. The van der Waals surface area contributed by atoms with Crippen LogP contribution in [-0.2, 0) is 28.9 Å². The fraction of sp³-hybridized carbons (Fsp3) is 0.154. The van der Waals surface area contributed by atoms with Crippen molar-refractivity contribution in [1.29, 1.82) is 5.26 Å². The molecular weight excluding hydrogens is 901 g/mol. The van der Waals surface area contributed by atoms with Crippen LogP contribution in [0, 0.1) is 10.7 Å². The van der Waals surface area contributed by atoms with Gasteiger partial charge in [-0.25, -0.2) is 9.97 Å². The van der Waals surface area contributed by atoms with Gasteiger partial charge in [-0.15, -0.1) is 0 Å². The van der Waals surface area contributed by atoms with Gasteiger partial charge in [0.25, 0.3) is 0 Å². The maximum absolute atomic E-state index is 12.3. The second kappa shape index (κ2) is 25.0. The van der Waals surface area contributed by atoms with Gasteiger partial charge >= 0.3 is 0 Å². The van der Waals surface area contributed by atoms with Crippen LogP contribution >= 0.6 is 24.0 Å². The number of aromatic nitrogens is 4. The van der Waals surface area contributed by atoms with Crippen molar-refractivity contribution in [3.05, 3.63) is 163 Å². The monoisotopic (exact) mass is 946 g/mol. The summed E-state index contributed by atoms with van der Waals surface area (Å²) in [5.41, 5.74) is 10.5. The van der Waals surface area contributed by atoms with E-state index in [0.29, 0.717) is 87.8 Å². The van der Waals surface area contributed by atoms with Crippen molar-refractivity contribution < 1.29 is 38.0 Å². The number of nitrogens with zero attached hydrogens (tertiary/aromatic N) is 5. The highest BCUT2D eigenvalue weighted by atomic mass is 32.2. The number of nitriles is 1. The lowest BCUT2D eigenvalue weighted by Gasteiger charge is -2.12. The topological polar surface area (TPSA) is 191 Å². The molecule has 0 aliphatic heterocycles. The number of thiocyanates is 1. The van der Waals surface area contributed by atoms with Crippen molar-refractivity contribution in [3.63, 3.8) is 0 Å². The molecule has 0 amide bonds. The number of thiocarbonyl (C=S) groups is 1. The van der Waals surface area contributed by atoms with Gasteiger partial charge in [-0.2, -0.15) is 5.26 Å². The summed E-state index contributed by atoms with van der Waals surface area (Å²) in [4.78, 5) is 41.2. The summed E-state index contributed by atoms with van der Waals surface area (Å²) in [6.07, 6.45) is 8.11. The first-order valence-corrected chi connectivity index (χ1v) is 22.1. The number of benzene rings is 4. The lowest BCUT2D eigenvalue weighted by atomic mass is 10.0. The van der Waals surface area contributed by atoms with Gasteiger partial charge in [0.2, 0.25) is 16.9 Å². The maximum Gasteiger partial charge on any atom is 0.219 e. The van der Waals surface area contributed by atoms with E-state index >= 15 is 0 Å². The van der Waals surface area contributed by atoms with Crippen LogP contribution in [0.25, 0.3) is 21.8 Å². The second-order valence-corrected chi connectivity index (χ2v) is 15.9. The van der Waals surface area contributed by atoms with Crippen LogP contribution < -0.4 is 34.2 Å². The number of Topliss-reactive ketones (excluding diaryl/α,β-unsaturated/α-hetero) is 1. The average Bonchev–Trinajstić information content (AvgIpc) is 3.35. The van der Waals surface area contributed by atoms with Crippen molar-refractivity contribution in [3.8, 4) is 51.7 Å². The average molecular weight is 947 g/mol. The molecule has 0 saturated heterocycles. The fourth-order valence-electron chi connectivity index (χ4n) is 6.57. The van der Waals surface area contributed by atoms with Gasteiger partial charge in [0, 0.05) is 95.9 Å². The number of nitrogens with two attached hydrogens (primary N) is 1. The molecule has 0 spiro atoms. The summed E-state index contributed by atoms with van der Waals surface area (Å²) in [5, 5.41) is 11.4. The minimum absolute atomic E-state index is 0.108. The molecule has 344 valence electrons. The van der Waals surface area contributed by atoms with Gasteiger partial charge in [-0.05, 0) is 47.0 Å². The first-order chi connectivity index (χ1) is 33.1. The number of pyridine rings is 4. The van der Waals surface area contributed by atoms with Crippen molar-refractivity contribution in [2.24, 2.45) is 0 Å². The molecule has 0 saturated carbocycles. The number of ketones is 1. The smallest absolute Gasteiger partial charge is 0.219 e. The largest absolute Gasteiger partial charge is 0.493 e. The van der Waals surface area contributed by atoms with E-state index in [2.05, 4.69) is 19.9 Å². The number of nitrogen functional groups attached to an aromatic ring is 1. The zero-order valence-corrected chi connectivity index (χ0v) is 39.2. The number of fused-ring (bicyclic) bond motifs is 2. The molecule has 0 unspecified atom stereocenters. The summed E-state index contributed by atoms with van der Waals surface area (Å²) < 4.78 is 33.2. The Labute approximate surface area is 403 Å². The molecule has 4 aromatic heterocycles. The quantitative estimate of drug-likeness (QED) is 0.0710.